The topological polar surface area (TPSA) is 507 Å². The highest BCUT2D eigenvalue weighted by Gasteiger charge is 2.84. The molecule has 0 fully saturated rings. The lowest BCUT2D eigenvalue weighted by Gasteiger charge is -2.61. The summed E-state index contributed by atoms with van der Waals surface area (Å²) in [5.41, 5.74) is -8.67. The van der Waals surface area contributed by atoms with Crippen LogP contribution in [-0.4, -0.2) is 157 Å². The number of nitrogens with zero attached hydrogens (tertiary/aromatic N) is 3. The summed E-state index contributed by atoms with van der Waals surface area (Å²) in [6, 6.07) is -3.73. The molecule has 0 aliphatic carbocycles. The molecule has 17 N–H and O–H groups in total. The lowest BCUT2D eigenvalue weighted by atomic mass is 10.2. The molecule has 0 rings (SSSR count). The van der Waals surface area contributed by atoms with Gasteiger partial charge in [-0.2, -0.15) is 11.8 Å². The van der Waals surface area contributed by atoms with Crippen molar-refractivity contribution in [1.82, 2.24) is 14.7 Å². The maximum atomic E-state index is 13.8. The van der Waals surface area contributed by atoms with E-state index >= 15 is 0 Å². The summed E-state index contributed by atoms with van der Waals surface area (Å²) in [6.45, 7) is -2.26. The molecule has 53 heavy (non-hydrogen) atoms. The van der Waals surface area contributed by atoms with Gasteiger partial charge in [0.25, 0.3) is 10.3 Å². The van der Waals surface area contributed by atoms with Gasteiger partial charge in [0.1, 0.15) is 6.04 Å². The highest BCUT2D eigenvalue weighted by Crippen LogP contribution is 2.84. The molecule has 0 aromatic rings. The average Bonchev–Trinajstić information content (AvgIpc) is 2.82. The van der Waals surface area contributed by atoms with Crippen LogP contribution in [0.3, 0.4) is 0 Å². The zero-order chi connectivity index (χ0) is 43.0. The summed E-state index contributed by atoms with van der Waals surface area (Å²) in [5.74, 6) is -3.72. The van der Waals surface area contributed by atoms with E-state index in [9.17, 15) is 125 Å². The number of rotatable bonds is 23. The van der Waals surface area contributed by atoms with Crippen LogP contribution in [0.25, 0.3) is 0 Å². The maximum Gasteiger partial charge on any atom is 0.373 e. The SMILES string of the molecule is CCCN(C(P(=O)(O)O)P(=O)(O)O)C(N([C@@H](CCSC)C(=O)O)C(N(CCC)C(P(=O)(O)O)P(=O)(O)O)(P(=O)(O)O)P(=O)(O)O)(P(=O)(O)O)P(=O)(O)O. The van der Waals surface area contributed by atoms with Gasteiger partial charge in [-0.3, -0.25) is 41.3 Å². The Bertz CT molecular complexity index is 1500. The average molecular weight is 959 g/mol. The fourth-order valence-electron chi connectivity index (χ4n) is 5.50. The fraction of sp³-hybridized carbons (Fsp3) is 0.933. The molecule has 0 aromatic heterocycles. The van der Waals surface area contributed by atoms with Crippen molar-refractivity contribution in [2.24, 2.45) is 0 Å². The summed E-state index contributed by atoms with van der Waals surface area (Å²) in [4.78, 5) is 177. The smallest absolute Gasteiger partial charge is 0.373 e. The van der Waals surface area contributed by atoms with Gasteiger partial charge < -0.3 is 83.4 Å². The van der Waals surface area contributed by atoms with Crippen LogP contribution in [0.1, 0.15) is 33.1 Å². The van der Waals surface area contributed by atoms with E-state index in [1.165, 1.54) is 0 Å². The normalized spacial score (nSPS) is 16.0. The maximum absolute atomic E-state index is 13.8. The van der Waals surface area contributed by atoms with E-state index in [1.807, 2.05) is 0 Å². The molecule has 0 aliphatic rings. The van der Waals surface area contributed by atoms with Crippen LogP contribution < -0.4 is 0 Å². The number of hydrogen-bond acceptors (Lipinski definition) is 13. The summed E-state index contributed by atoms with van der Waals surface area (Å²) in [7, 11) is -59.2. The molecule has 29 nitrogen and oxygen atoms in total. The van der Waals surface area contributed by atoms with Crippen molar-refractivity contribution in [1.29, 1.82) is 0 Å². The molecule has 1 atom stereocenters. The van der Waals surface area contributed by atoms with E-state index < -0.39 is 147 Å². The molecule has 0 radical (unpaired) electrons. The van der Waals surface area contributed by atoms with E-state index in [0.29, 0.717) is 11.8 Å². The molecule has 0 spiro atoms. The number of carboxylic acid groups (broad SMARTS) is 1. The first kappa shape index (κ1) is 53.9. The first-order chi connectivity index (χ1) is 23.1. The minimum Gasteiger partial charge on any atom is -0.480 e. The highest BCUT2D eigenvalue weighted by molar-refractivity contribution is 7.98. The van der Waals surface area contributed by atoms with Crippen LogP contribution in [-0.2, 0) is 41.3 Å². The predicted octanol–water partition coefficient (Wildman–Crippen LogP) is -1.87. The van der Waals surface area contributed by atoms with Crippen LogP contribution in [0.5, 0.6) is 0 Å². The summed E-state index contributed by atoms with van der Waals surface area (Å²) in [5, 5.41) is -1.41. The third-order valence-corrected chi connectivity index (χ3v) is 22.8. The Morgan fingerprint density at radius 3 is 0.943 bits per heavy atom. The summed E-state index contributed by atoms with van der Waals surface area (Å²) in [6.07, 6.45) is -2.57. The number of hydrogen-bond donors (Lipinski definition) is 17. The molecule has 0 saturated carbocycles. The zero-order valence-electron chi connectivity index (χ0n) is 27.1. The van der Waals surface area contributed by atoms with Gasteiger partial charge in [-0.15, -0.1) is 0 Å². The van der Waals surface area contributed by atoms with Gasteiger partial charge in [-0.05, 0) is 31.3 Å². The van der Waals surface area contributed by atoms with Gasteiger partial charge in [-0.1, -0.05) is 13.8 Å². The van der Waals surface area contributed by atoms with Crippen molar-refractivity contribution < 1.29 is 125 Å². The molecule has 0 amide bonds. The molecule has 0 unspecified atom stereocenters. The Hall–Kier alpha value is 0.900. The zero-order valence-corrected chi connectivity index (χ0v) is 35.1. The Morgan fingerprint density at radius 1 is 0.547 bits per heavy atom. The van der Waals surface area contributed by atoms with Gasteiger partial charge >= 0.3 is 66.7 Å². The molecule has 0 saturated heterocycles. The Balaban J connectivity index is 10.6. The minimum atomic E-state index is -7.86. The van der Waals surface area contributed by atoms with Crippen molar-refractivity contribution in [3.63, 3.8) is 0 Å². The van der Waals surface area contributed by atoms with Crippen molar-refractivity contribution in [2.45, 2.75) is 60.5 Å². The van der Waals surface area contributed by atoms with Crippen molar-refractivity contribution in [3.05, 3.63) is 0 Å². The molecule has 0 bridgehead atoms. The molecule has 38 heteroatoms. The van der Waals surface area contributed by atoms with Gasteiger partial charge in [0.2, 0.25) is 11.0 Å². The highest BCUT2D eigenvalue weighted by atomic mass is 32.2. The van der Waals surface area contributed by atoms with Crippen molar-refractivity contribution in [3.8, 4) is 0 Å². The number of carbonyl (C=O) groups is 1. The van der Waals surface area contributed by atoms with Crippen LogP contribution >= 0.6 is 72.5 Å². The standard InChI is InChI=1S/C15H41N3O26P8S/c1-4-7-16(12(45(21,22)23)46(24,25)26)14(49(33,34)35,50(36,37)38)18(10(11(19)20)6-9-53-3)15(51(39,40)41,52(42,43)44)17(8-5-2)13(47(27,28)29)48(30,31)32/h10,12-13H,4-9H2,1-3H3,(H,19,20)(H2,21,22,23)(H2,24,25,26)(H2,27,28,29)(H2,30,31,32)(H2,33,34,35)(H2,36,37,38)(H2,39,40,41)(H2,42,43,44)/t10-/m0/s1. The van der Waals surface area contributed by atoms with E-state index in [0.717, 1.165) is 20.1 Å². The Labute approximate surface area is 303 Å². The minimum absolute atomic E-state index is 0.491. The first-order valence-electron chi connectivity index (χ1n) is 13.6. The van der Waals surface area contributed by atoms with Crippen molar-refractivity contribution in [2.75, 3.05) is 25.1 Å². The Morgan fingerprint density at radius 2 is 0.792 bits per heavy atom. The number of thioether (sulfide) groups is 1. The van der Waals surface area contributed by atoms with Gasteiger partial charge in [0.05, 0.1) is 0 Å². The number of aliphatic carboxylic acids is 1. The molecule has 0 aromatic carbocycles. The second kappa shape index (κ2) is 18.0. The van der Waals surface area contributed by atoms with Gasteiger partial charge in [0, 0.05) is 13.1 Å². The molecule has 318 valence electrons. The second-order valence-electron chi connectivity index (χ2n) is 10.8. The molecule has 0 aliphatic heterocycles. The monoisotopic (exact) mass is 959 g/mol. The Kier molecular flexibility index (Phi) is 18.3. The molecular weight excluding hydrogens is 918 g/mol. The van der Waals surface area contributed by atoms with Crippen LogP contribution in [0, 0.1) is 0 Å². The van der Waals surface area contributed by atoms with Gasteiger partial charge in [0.15, 0.2) is 0 Å². The van der Waals surface area contributed by atoms with Crippen molar-refractivity contribution >= 4 is 78.5 Å². The predicted molar refractivity (Wildman–Crippen MR) is 180 cm³/mol. The summed E-state index contributed by atoms with van der Waals surface area (Å²) >= 11 is 0.491. The second-order valence-corrected chi connectivity index (χ2v) is 26.8. The third-order valence-electron chi connectivity index (χ3n) is 6.86. The lowest BCUT2D eigenvalue weighted by Crippen LogP contribution is -2.76. The van der Waals surface area contributed by atoms with E-state index in [1.54, 1.807) is 0 Å². The van der Waals surface area contributed by atoms with E-state index in [4.69, 9.17) is 0 Å². The van der Waals surface area contributed by atoms with E-state index in [2.05, 4.69) is 0 Å². The first-order valence-corrected chi connectivity index (χ1v) is 28.2. The number of carboxylic acids is 1. The van der Waals surface area contributed by atoms with E-state index in [-0.39, 0.29) is 0 Å². The van der Waals surface area contributed by atoms with Crippen LogP contribution in [0.15, 0.2) is 0 Å². The largest absolute Gasteiger partial charge is 0.480 e. The molecule has 0 heterocycles. The van der Waals surface area contributed by atoms with Crippen LogP contribution in [0.2, 0.25) is 0 Å². The lowest BCUT2D eigenvalue weighted by molar-refractivity contribution is -0.154. The fourth-order valence-corrected chi connectivity index (χ4v) is 19.9. The summed E-state index contributed by atoms with van der Waals surface area (Å²) < 4.78 is 106. The third kappa shape index (κ3) is 11.1. The van der Waals surface area contributed by atoms with Crippen LogP contribution in [0.4, 0.5) is 0 Å². The van der Waals surface area contributed by atoms with Gasteiger partial charge in [-0.25, -0.2) is 14.7 Å². The quantitative estimate of drug-likeness (QED) is 0.0394. The molecular formula is C15H41N3O26P8S.